The van der Waals surface area contributed by atoms with Crippen LogP contribution in [0.3, 0.4) is 0 Å². The van der Waals surface area contributed by atoms with E-state index in [1.54, 1.807) is 18.3 Å². The largest absolute Gasteiger partial charge is 0.454 e. The van der Waals surface area contributed by atoms with Gasteiger partial charge in [-0.15, -0.1) is 0 Å². The van der Waals surface area contributed by atoms with Gasteiger partial charge < -0.3 is 10.5 Å². The predicted octanol–water partition coefficient (Wildman–Crippen LogP) is 5.22. The average Bonchev–Trinajstić information content (AvgIpc) is 2.43. The highest BCUT2D eigenvalue weighted by atomic mass is 35.5. The first kappa shape index (κ1) is 14.0. The van der Waals surface area contributed by atoms with E-state index in [9.17, 15) is 0 Å². The molecule has 0 saturated heterocycles. The number of aryl methyl sites for hydroxylation is 1. The SMILES string of the molecule is Cc1ccnc2ccc(Oc3c(Cl)cc(N)cc3Cl)cc12. The second kappa shape index (κ2) is 5.43. The number of hydrogen-bond donors (Lipinski definition) is 1. The Kier molecular flexibility index (Phi) is 3.62. The third-order valence-corrected chi connectivity index (χ3v) is 3.73. The molecule has 2 N–H and O–H groups in total. The molecule has 3 rings (SSSR count). The standard InChI is InChI=1S/C16H12Cl2N2O/c1-9-4-5-20-15-3-2-11(8-12(9)15)21-16-13(17)6-10(19)7-14(16)18/h2-8H,19H2,1H3. The molecule has 21 heavy (non-hydrogen) atoms. The molecule has 0 unspecified atom stereocenters. The summed E-state index contributed by atoms with van der Waals surface area (Å²) >= 11 is 12.3. The summed E-state index contributed by atoms with van der Waals surface area (Å²) in [5.74, 6) is 1.04. The summed E-state index contributed by atoms with van der Waals surface area (Å²) < 4.78 is 5.81. The Hall–Kier alpha value is -1.97. The molecule has 1 heterocycles. The van der Waals surface area contributed by atoms with E-state index in [1.807, 2.05) is 31.2 Å². The molecule has 0 radical (unpaired) electrons. The van der Waals surface area contributed by atoms with E-state index in [1.165, 1.54) is 0 Å². The van der Waals surface area contributed by atoms with Crippen molar-refractivity contribution in [2.45, 2.75) is 6.92 Å². The lowest BCUT2D eigenvalue weighted by Gasteiger charge is -2.11. The van der Waals surface area contributed by atoms with Crippen LogP contribution >= 0.6 is 23.2 Å². The maximum Gasteiger partial charge on any atom is 0.164 e. The van der Waals surface area contributed by atoms with E-state index in [0.717, 1.165) is 16.5 Å². The van der Waals surface area contributed by atoms with Gasteiger partial charge >= 0.3 is 0 Å². The van der Waals surface area contributed by atoms with Crippen molar-refractivity contribution < 1.29 is 4.74 Å². The second-order valence-electron chi connectivity index (χ2n) is 4.72. The molecule has 0 saturated carbocycles. The molecule has 0 aliphatic carbocycles. The first-order chi connectivity index (χ1) is 10.0. The third kappa shape index (κ3) is 2.75. The van der Waals surface area contributed by atoms with Crippen molar-refractivity contribution >= 4 is 39.8 Å². The first-order valence-electron chi connectivity index (χ1n) is 6.32. The van der Waals surface area contributed by atoms with Gasteiger partial charge in [0, 0.05) is 17.3 Å². The zero-order valence-electron chi connectivity index (χ0n) is 11.2. The van der Waals surface area contributed by atoms with Crippen molar-refractivity contribution in [3.8, 4) is 11.5 Å². The minimum Gasteiger partial charge on any atom is -0.454 e. The Balaban J connectivity index is 2.05. The molecule has 106 valence electrons. The molecule has 0 amide bonds. The summed E-state index contributed by atoms with van der Waals surface area (Å²) in [6.45, 7) is 2.02. The molecule has 2 aromatic carbocycles. The van der Waals surface area contributed by atoms with Crippen LogP contribution in [0, 0.1) is 6.92 Å². The Bertz CT molecular complexity index is 811. The van der Waals surface area contributed by atoms with E-state index in [4.69, 9.17) is 33.7 Å². The number of fused-ring (bicyclic) bond motifs is 1. The van der Waals surface area contributed by atoms with E-state index < -0.39 is 0 Å². The summed E-state index contributed by atoms with van der Waals surface area (Å²) in [4.78, 5) is 4.31. The Morgan fingerprint density at radius 3 is 2.48 bits per heavy atom. The fraction of sp³-hybridized carbons (Fsp3) is 0.0625. The van der Waals surface area contributed by atoms with Crippen LogP contribution in [-0.4, -0.2) is 4.98 Å². The van der Waals surface area contributed by atoms with Crippen LogP contribution in [0.1, 0.15) is 5.56 Å². The monoisotopic (exact) mass is 318 g/mol. The number of benzene rings is 2. The number of halogens is 2. The topological polar surface area (TPSA) is 48.1 Å². The molecule has 0 spiro atoms. The minimum atomic E-state index is 0.378. The molecule has 0 aliphatic rings. The van der Waals surface area contributed by atoms with Crippen molar-refractivity contribution in [3.05, 3.63) is 58.2 Å². The van der Waals surface area contributed by atoms with E-state index >= 15 is 0 Å². The van der Waals surface area contributed by atoms with Gasteiger partial charge in [0.15, 0.2) is 5.75 Å². The van der Waals surface area contributed by atoms with Crippen LogP contribution in [0.15, 0.2) is 42.6 Å². The number of nitrogens with zero attached hydrogens (tertiary/aromatic N) is 1. The smallest absolute Gasteiger partial charge is 0.164 e. The lowest BCUT2D eigenvalue weighted by Crippen LogP contribution is -1.91. The molecule has 0 atom stereocenters. The van der Waals surface area contributed by atoms with E-state index in [-0.39, 0.29) is 0 Å². The van der Waals surface area contributed by atoms with Gasteiger partial charge in [-0.25, -0.2) is 0 Å². The third-order valence-electron chi connectivity index (χ3n) is 3.17. The number of ether oxygens (including phenoxy) is 1. The molecule has 0 fully saturated rings. The van der Waals surface area contributed by atoms with Crippen LogP contribution in [0.25, 0.3) is 10.9 Å². The van der Waals surface area contributed by atoms with Crippen molar-refractivity contribution in [3.63, 3.8) is 0 Å². The van der Waals surface area contributed by atoms with Gasteiger partial charge in [0.2, 0.25) is 0 Å². The normalized spacial score (nSPS) is 10.8. The van der Waals surface area contributed by atoms with E-state index in [2.05, 4.69) is 4.98 Å². The molecule has 1 aromatic heterocycles. The van der Waals surface area contributed by atoms with E-state index in [0.29, 0.717) is 27.2 Å². The van der Waals surface area contributed by atoms with Crippen LogP contribution in [0.2, 0.25) is 10.0 Å². The molecule has 0 aliphatic heterocycles. The fourth-order valence-corrected chi connectivity index (χ4v) is 2.70. The van der Waals surface area contributed by atoms with Gasteiger partial charge in [-0.05, 0) is 48.9 Å². The Labute approximate surface area is 132 Å². The molecule has 0 bridgehead atoms. The zero-order valence-corrected chi connectivity index (χ0v) is 12.7. The maximum absolute atomic E-state index is 6.13. The quantitative estimate of drug-likeness (QED) is 0.658. The number of anilines is 1. The summed E-state index contributed by atoms with van der Waals surface area (Å²) in [6, 6.07) is 10.8. The van der Waals surface area contributed by atoms with Gasteiger partial charge in [0.25, 0.3) is 0 Å². The maximum atomic E-state index is 6.13. The number of nitrogen functional groups attached to an aromatic ring is 1. The van der Waals surface area contributed by atoms with Gasteiger partial charge in [-0.2, -0.15) is 0 Å². The van der Waals surface area contributed by atoms with Crippen molar-refractivity contribution in [1.82, 2.24) is 4.98 Å². The predicted molar refractivity (Wildman–Crippen MR) is 87.4 cm³/mol. The van der Waals surface area contributed by atoms with Crippen LogP contribution < -0.4 is 10.5 Å². The first-order valence-corrected chi connectivity index (χ1v) is 7.08. The van der Waals surface area contributed by atoms with Gasteiger partial charge in [0.1, 0.15) is 5.75 Å². The summed E-state index contributed by atoms with van der Waals surface area (Å²) in [5.41, 5.74) is 8.22. The molecule has 3 nitrogen and oxygen atoms in total. The van der Waals surface area contributed by atoms with Crippen LogP contribution in [0.4, 0.5) is 5.69 Å². The number of pyridine rings is 1. The number of aromatic nitrogens is 1. The highest BCUT2D eigenvalue weighted by Crippen LogP contribution is 2.38. The average molecular weight is 319 g/mol. The van der Waals surface area contributed by atoms with Gasteiger partial charge in [-0.1, -0.05) is 23.2 Å². The Morgan fingerprint density at radius 2 is 1.76 bits per heavy atom. The van der Waals surface area contributed by atoms with Gasteiger partial charge in [-0.3, -0.25) is 4.98 Å². The van der Waals surface area contributed by atoms with Crippen molar-refractivity contribution in [1.29, 1.82) is 0 Å². The lowest BCUT2D eigenvalue weighted by molar-refractivity contribution is 0.484. The summed E-state index contributed by atoms with van der Waals surface area (Å²) in [7, 11) is 0. The zero-order chi connectivity index (χ0) is 15.0. The summed E-state index contributed by atoms with van der Waals surface area (Å²) in [6.07, 6.45) is 1.78. The summed E-state index contributed by atoms with van der Waals surface area (Å²) in [5, 5.41) is 1.78. The number of hydrogen-bond acceptors (Lipinski definition) is 3. The fourth-order valence-electron chi connectivity index (χ4n) is 2.12. The van der Waals surface area contributed by atoms with Crippen LogP contribution in [-0.2, 0) is 0 Å². The molecular formula is C16H12Cl2N2O. The minimum absolute atomic E-state index is 0.378. The highest BCUT2D eigenvalue weighted by molar-refractivity contribution is 6.37. The van der Waals surface area contributed by atoms with Crippen molar-refractivity contribution in [2.75, 3.05) is 5.73 Å². The highest BCUT2D eigenvalue weighted by Gasteiger charge is 2.11. The lowest BCUT2D eigenvalue weighted by atomic mass is 10.1. The van der Waals surface area contributed by atoms with Gasteiger partial charge in [0.05, 0.1) is 15.6 Å². The molecule has 3 aromatic rings. The Morgan fingerprint density at radius 1 is 1.05 bits per heavy atom. The number of rotatable bonds is 2. The number of nitrogens with two attached hydrogens (primary N) is 1. The molecule has 5 heteroatoms. The van der Waals surface area contributed by atoms with Crippen molar-refractivity contribution in [2.24, 2.45) is 0 Å². The second-order valence-corrected chi connectivity index (χ2v) is 5.54. The molecular weight excluding hydrogens is 307 g/mol. The van der Waals surface area contributed by atoms with Crippen LogP contribution in [0.5, 0.6) is 11.5 Å².